The van der Waals surface area contributed by atoms with Crippen LogP contribution >= 0.6 is 0 Å². The van der Waals surface area contributed by atoms with Crippen molar-refractivity contribution in [3.63, 3.8) is 0 Å². The maximum Gasteiger partial charge on any atom is 0.269 e. The number of anilines is 3. The fourth-order valence-corrected chi connectivity index (χ4v) is 9.88. The lowest BCUT2D eigenvalue weighted by Gasteiger charge is -2.32. The molecule has 1 N–H and O–H groups in total. The number of nitrogens with zero attached hydrogens (tertiary/aromatic N) is 3. The molecule has 3 aromatic rings. The molecule has 0 aromatic heterocycles. The van der Waals surface area contributed by atoms with E-state index in [1.54, 1.807) is 60.3 Å². The number of likely N-dealkylation sites (N-methyl/N-ethyl adjacent to an activating group) is 1. The van der Waals surface area contributed by atoms with E-state index < -0.39 is 31.6 Å². The molecule has 0 bridgehead atoms. The Hall–Kier alpha value is -4.06. The van der Waals surface area contributed by atoms with E-state index in [1.807, 2.05) is 49.4 Å². The van der Waals surface area contributed by atoms with Gasteiger partial charge in [-0.25, -0.2) is 0 Å². The van der Waals surface area contributed by atoms with E-state index in [9.17, 15) is 19.5 Å². The first kappa shape index (κ1) is 30.9. The molecule has 9 nitrogen and oxygen atoms in total. The molecule has 1 saturated heterocycles. The van der Waals surface area contributed by atoms with Gasteiger partial charge in [0.2, 0.25) is 14.3 Å². The fourth-order valence-electron chi connectivity index (χ4n) is 7.38. The number of amides is 3. The van der Waals surface area contributed by atoms with Crippen molar-refractivity contribution in [2.75, 3.05) is 36.6 Å². The van der Waals surface area contributed by atoms with Crippen LogP contribution in [0.2, 0.25) is 18.6 Å². The van der Waals surface area contributed by atoms with Gasteiger partial charge in [0.1, 0.15) is 5.75 Å². The summed E-state index contributed by atoms with van der Waals surface area (Å²) < 4.78 is 28.6. The van der Waals surface area contributed by atoms with E-state index >= 15 is 4.11 Å². The fraction of sp³-hybridized carbons (Fsp3) is 0.382. The number of halogens is 1. The van der Waals surface area contributed by atoms with Gasteiger partial charge in [0.15, 0.2) is 12.2 Å². The van der Waals surface area contributed by atoms with E-state index in [1.165, 1.54) is 4.90 Å². The normalized spacial score (nSPS) is 24.1. The molecule has 1 spiro atoms. The summed E-state index contributed by atoms with van der Waals surface area (Å²) in [5.41, 5.74) is 0.973. The maximum absolute atomic E-state index is 16.3. The highest BCUT2D eigenvalue weighted by molar-refractivity contribution is 6.72. The highest BCUT2D eigenvalue weighted by Gasteiger charge is 2.66. The first-order valence-electron chi connectivity index (χ1n) is 15.2. The van der Waals surface area contributed by atoms with Gasteiger partial charge < -0.3 is 28.5 Å². The van der Waals surface area contributed by atoms with Gasteiger partial charge in [0.25, 0.3) is 11.8 Å². The zero-order chi connectivity index (χ0) is 32.1. The molecule has 3 heterocycles. The Morgan fingerprint density at radius 1 is 1.07 bits per heavy atom. The Bertz CT molecular complexity index is 1630. The minimum atomic E-state index is -3.51. The van der Waals surface area contributed by atoms with Crippen molar-refractivity contribution in [1.29, 1.82) is 0 Å². The zero-order valence-electron chi connectivity index (χ0n) is 25.9. The lowest BCUT2D eigenvalue weighted by atomic mass is 9.82. The molecule has 3 aliphatic rings. The standard InChI is InChI=1S/C34H38FN3O6Si/c1-22-32(45(3,4)35)29(19-30(40)37(16-17-39)20-23-10-6-5-7-11-23)44-34(22)25-18-24(14-15-26(25)36(2)33(34)42)38-27-12-8-9-13-28(27)43-21-31(38)41/h5-15,18,22,29,32,39H,16-17,19-21H2,1-4H3/t22-,29+,32-,34+/m0/s1. The SMILES string of the molecule is C[C@H]1[C@H]([Si](C)(C)F)[C@@H](CC(=O)N(CCO)Cc2ccccc2)O[C@]12C(=O)N(C)c1ccc(N3C(=O)COc4ccccc43)cc12. The summed E-state index contributed by atoms with van der Waals surface area (Å²) in [7, 11) is -1.85. The summed E-state index contributed by atoms with van der Waals surface area (Å²) in [6, 6.07) is 22.1. The quantitative estimate of drug-likeness (QED) is 0.280. The molecule has 236 valence electrons. The van der Waals surface area contributed by atoms with Gasteiger partial charge in [-0.1, -0.05) is 49.4 Å². The first-order valence-corrected chi connectivity index (χ1v) is 18.2. The van der Waals surface area contributed by atoms with Gasteiger partial charge in [-0.15, -0.1) is 0 Å². The highest BCUT2D eigenvalue weighted by Crippen LogP contribution is 2.60. The molecule has 4 atom stereocenters. The molecule has 3 amide bonds. The number of fused-ring (bicyclic) bond motifs is 3. The number of para-hydroxylation sites is 2. The third kappa shape index (κ3) is 5.22. The second kappa shape index (κ2) is 11.7. The van der Waals surface area contributed by atoms with Crippen LogP contribution in [0.15, 0.2) is 72.8 Å². The number of aliphatic hydroxyl groups is 1. The van der Waals surface area contributed by atoms with Gasteiger partial charge in [0.05, 0.1) is 30.5 Å². The summed E-state index contributed by atoms with van der Waals surface area (Å²) in [4.78, 5) is 45.7. The molecule has 0 saturated carbocycles. The van der Waals surface area contributed by atoms with Crippen LogP contribution in [0.25, 0.3) is 0 Å². The highest BCUT2D eigenvalue weighted by atomic mass is 28.4. The molecular weight excluding hydrogens is 593 g/mol. The van der Waals surface area contributed by atoms with Crippen LogP contribution in [0.4, 0.5) is 21.2 Å². The Kier molecular flexibility index (Phi) is 8.04. The topological polar surface area (TPSA) is 99.6 Å². The third-order valence-electron chi connectivity index (χ3n) is 9.35. The lowest BCUT2D eigenvalue weighted by Crippen LogP contribution is -2.44. The predicted molar refractivity (Wildman–Crippen MR) is 171 cm³/mol. The number of ether oxygens (including phenoxy) is 2. The monoisotopic (exact) mass is 631 g/mol. The molecule has 3 aromatic carbocycles. The third-order valence-corrected chi connectivity index (χ3v) is 11.8. The van der Waals surface area contributed by atoms with E-state index in [0.717, 1.165) is 5.56 Å². The van der Waals surface area contributed by atoms with E-state index in [-0.39, 0.29) is 50.4 Å². The van der Waals surface area contributed by atoms with Crippen LogP contribution in [0, 0.1) is 5.92 Å². The largest absolute Gasteiger partial charge is 0.482 e. The maximum atomic E-state index is 16.3. The molecule has 0 radical (unpaired) electrons. The Balaban J connectivity index is 1.38. The number of carbonyl (C=O) groups excluding carboxylic acids is 3. The van der Waals surface area contributed by atoms with Gasteiger partial charge in [0, 0.05) is 42.8 Å². The molecular formula is C34H38FN3O6Si. The Labute approximate surface area is 263 Å². The molecule has 11 heteroatoms. The van der Waals surface area contributed by atoms with Crippen LogP contribution < -0.4 is 14.5 Å². The molecule has 3 aliphatic heterocycles. The van der Waals surface area contributed by atoms with Gasteiger partial charge in [-0.05, 0) is 49.0 Å². The van der Waals surface area contributed by atoms with Crippen molar-refractivity contribution in [2.45, 2.75) is 50.2 Å². The second-order valence-corrected chi connectivity index (χ2v) is 16.3. The molecule has 1 fully saturated rings. The van der Waals surface area contributed by atoms with Crippen LogP contribution in [-0.2, 0) is 31.3 Å². The number of hydrogen-bond donors (Lipinski definition) is 1. The Morgan fingerprint density at radius 3 is 2.49 bits per heavy atom. The van der Waals surface area contributed by atoms with E-state index in [4.69, 9.17) is 9.47 Å². The number of rotatable bonds is 8. The predicted octanol–water partition coefficient (Wildman–Crippen LogP) is 4.91. The van der Waals surface area contributed by atoms with Gasteiger partial charge in [-0.3, -0.25) is 19.3 Å². The lowest BCUT2D eigenvalue weighted by molar-refractivity contribution is -0.149. The van der Waals surface area contributed by atoms with Crippen molar-refractivity contribution >= 4 is 43.2 Å². The Morgan fingerprint density at radius 2 is 1.78 bits per heavy atom. The zero-order valence-corrected chi connectivity index (χ0v) is 26.9. The summed E-state index contributed by atoms with van der Waals surface area (Å²) in [5, 5.41) is 9.74. The first-order chi connectivity index (χ1) is 21.5. The minimum absolute atomic E-state index is 0.116. The van der Waals surface area contributed by atoms with Crippen molar-refractivity contribution in [3.8, 4) is 5.75 Å². The van der Waals surface area contributed by atoms with Crippen molar-refractivity contribution in [1.82, 2.24) is 4.90 Å². The molecule has 0 aliphatic carbocycles. The number of hydrogen-bond acceptors (Lipinski definition) is 6. The van der Waals surface area contributed by atoms with E-state index in [2.05, 4.69) is 0 Å². The summed E-state index contributed by atoms with van der Waals surface area (Å²) in [5.74, 6) is -0.902. The summed E-state index contributed by atoms with van der Waals surface area (Å²) in [6.07, 6.45) is -1.00. The second-order valence-electron chi connectivity index (χ2n) is 12.6. The number of aliphatic hydroxyl groups excluding tert-OH is 1. The van der Waals surface area contributed by atoms with E-state index in [0.29, 0.717) is 28.4 Å². The average molecular weight is 632 g/mol. The van der Waals surface area contributed by atoms with Crippen LogP contribution in [0.5, 0.6) is 5.75 Å². The minimum Gasteiger partial charge on any atom is -0.482 e. The average Bonchev–Trinajstić information content (AvgIpc) is 3.43. The van der Waals surface area contributed by atoms with Crippen LogP contribution in [0.3, 0.4) is 0 Å². The van der Waals surface area contributed by atoms with Gasteiger partial charge in [-0.2, -0.15) is 0 Å². The molecule has 0 unspecified atom stereocenters. The summed E-state index contributed by atoms with van der Waals surface area (Å²) >= 11 is 0. The number of benzene rings is 3. The van der Waals surface area contributed by atoms with Crippen molar-refractivity contribution in [2.24, 2.45) is 5.92 Å². The van der Waals surface area contributed by atoms with Crippen LogP contribution in [-0.4, -0.2) is 69.0 Å². The number of carbonyl (C=O) groups is 3. The molecule has 45 heavy (non-hydrogen) atoms. The van der Waals surface area contributed by atoms with Crippen LogP contribution in [0.1, 0.15) is 24.5 Å². The van der Waals surface area contributed by atoms with Crippen molar-refractivity contribution in [3.05, 3.63) is 83.9 Å². The van der Waals surface area contributed by atoms with Crippen molar-refractivity contribution < 1.29 is 33.1 Å². The smallest absolute Gasteiger partial charge is 0.269 e. The molecule has 6 rings (SSSR count). The summed E-state index contributed by atoms with van der Waals surface area (Å²) in [6.45, 7) is 5.07. The van der Waals surface area contributed by atoms with Gasteiger partial charge >= 0.3 is 0 Å².